The average molecular weight is 346 g/mol. The second kappa shape index (κ2) is 6.83. The van der Waals surface area contributed by atoms with Gasteiger partial charge in [-0.05, 0) is 23.1 Å². The summed E-state index contributed by atoms with van der Waals surface area (Å²) in [6.07, 6.45) is 0.701. The Hall–Kier alpha value is -2.81. The Kier molecular flexibility index (Phi) is 4.37. The second-order valence-corrected chi connectivity index (χ2v) is 6.76. The quantitative estimate of drug-likeness (QED) is 0.796. The molecule has 1 fully saturated rings. The molecule has 132 valence electrons. The van der Waals surface area contributed by atoms with Gasteiger partial charge < -0.3 is 10.5 Å². The summed E-state index contributed by atoms with van der Waals surface area (Å²) < 4.78 is 5.82. The Morgan fingerprint density at radius 3 is 2.42 bits per heavy atom. The summed E-state index contributed by atoms with van der Waals surface area (Å²) in [6.45, 7) is 2.13. The van der Waals surface area contributed by atoms with Crippen LogP contribution >= 0.6 is 0 Å². The Balaban J connectivity index is 1.80. The Bertz CT molecular complexity index is 854. The first-order chi connectivity index (χ1) is 12.7. The molecular weight excluding hydrogens is 324 g/mol. The number of ether oxygens (including phenoxy) is 1. The summed E-state index contributed by atoms with van der Waals surface area (Å²) in [5, 5.41) is 9.76. The third-order valence-corrected chi connectivity index (χ3v) is 5.36. The van der Waals surface area contributed by atoms with Crippen molar-refractivity contribution >= 4 is 0 Å². The van der Waals surface area contributed by atoms with Gasteiger partial charge in [-0.15, -0.1) is 0 Å². The molecule has 5 nitrogen and oxygen atoms in total. The van der Waals surface area contributed by atoms with Crippen LogP contribution in [-0.2, 0) is 11.2 Å². The Labute approximate surface area is 153 Å². The molecule has 4 unspecified atom stereocenters. The zero-order chi connectivity index (χ0) is 18.1. The minimum Gasteiger partial charge on any atom is -0.458 e. The fourth-order valence-corrected chi connectivity index (χ4v) is 4.00. The van der Waals surface area contributed by atoms with Crippen LogP contribution in [0.5, 0.6) is 0 Å². The fourth-order valence-electron chi connectivity index (χ4n) is 4.00. The maximum Gasteiger partial charge on any atom is 0.200 e. The monoisotopic (exact) mass is 346 g/mol. The van der Waals surface area contributed by atoms with E-state index in [-0.39, 0.29) is 30.0 Å². The minimum atomic E-state index is -0.284. The maximum atomic E-state index is 9.76. The van der Waals surface area contributed by atoms with Crippen LogP contribution in [0, 0.1) is 17.2 Å². The highest BCUT2D eigenvalue weighted by Gasteiger charge is 2.49. The number of allylic oxidation sites excluding steroid dienone is 1. The van der Waals surface area contributed by atoms with Crippen LogP contribution in [0.15, 0.2) is 66.1 Å². The highest BCUT2D eigenvalue weighted by molar-refractivity contribution is 5.43. The first-order valence-corrected chi connectivity index (χ1v) is 8.94. The molecule has 0 radical (unpaired) electrons. The van der Waals surface area contributed by atoms with Crippen molar-refractivity contribution in [2.45, 2.75) is 31.5 Å². The molecule has 0 aliphatic carbocycles. The molecule has 5 heteroatoms. The predicted octanol–water partition coefficient (Wildman–Crippen LogP) is 2.85. The average Bonchev–Trinajstić information content (AvgIpc) is 3.11. The molecule has 1 saturated heterocycles. The van der Waals surface area contributed by atoms with E-state index in [1.807, 2.05) is 18.2 Å². The van der Waals surface area contributed by atoms with Crippen molar-refractivity contribution in [3.05, 3.63) is 82.7 Å². The summed E-state index contributed by atoms with van der Waals surface area (Å²) in [6, 6.07) is 21.0. The van der Waals surface area contributed by atoms with Crippen molar-refractivity contribution < 1.29 is 4.74 Å². The smallest absolute Gasteiger partial charge is 0.200 e. The van der Waals surface area contributed by atoms with Gasteiger partial charge in [0.2, 0.25) is 5.88 Å². The predicted molar refractivity (Wildman–Crippen MR) is 99.2 cm³/mol. The van der Waals surface area contributed by atoms with Crippen molar-refractivity contribution in [3.63, 3.8) is 0 Å². The number of nitrogens with zero attached hydrogens (tertiary/aromatic N) is 1. The van der Waals surface area contributed by atoms with Crippen molar-refractivity contribution in [2.75, 3.05) is 0 Å². The van der Waals surface area contributed by atoms with Gasteiger partial charge in [0.1, 0.15) is 6.07 Å². The summed E-state index contributed by atoms with van der Waals surface area (Å²) in [4.78, 5) is 0. The number of fused-ring (bicyclic) bond motifs is 1. The lowest BCUT2D eigenvalue weighted by Crippen LogP contribution is -2.40. The molecule has 0 aromatic heterocycles. The molecule has 2 aromatic carbocycles. The zero-order valence-electron chi connectivity index (χ0n) is 14.6. The van der Waals surface area contributed by atoms with Gasteiger partial charge >= 0.3 is 0 Å². The van der Waals surface area contributed by atoms with E-state index in [0.29, 0.717) is 5.57 Å². The highest BCUT2D eigenvalue weighted by Crippen LogP contribution is 2.47. The van der Waals surface area contributed by atoms with E-state index in [1.54, 1.807) is 0 Å². The second-order valence-electron chi connectivity index (χ2n) is 6.76. The van der Waals surface area contributed by atoms with Crippen molar-refractivity contribution in [3.8, 4) is 6.07 Å². The first-order valence-electron chi connectivity index (χ1n) is 8.94. The van der Waals surface area contributed by atoms with Gasteiger partial charge in [0, 0.05) is 11.8 Å². The summed E-state index contributed by atoms with van der Waals surface area (Å²) in [5.74, 6) is 0.102. The lowest BCUT2D eigenvalue weighted by molar-refractivity contribution is 0.0340. The molecular formula is C21H22N4O. The number of nitriles is 1. The molecule has 2 aromatic rings. The Morgan fingerprint density at radius 1 is 1.04 bits per heavy atom. The summed E-state index contributed by atoms with van der Waals surface area (Å²) in [7, 11) is 0. The van der Waals surface area contributed by atoms with Crippen molar-refractivity contribution in [1.29, 1.82) is 5.26 Å². The van der Waals surface area contributed by atoms with Crippen molar-refractivity contribution in [2.24, 2.45) is 11.7 Å². The van der Waals surface area contributed by atoms with E-state index >= 15 is 0 Å². The van der Waals surface area contributed by atoms with Crippen LogP contribution in [0.2, 0.25) is 0 Å². The van der Waals surface area contributed by atoms with E-state index in [0.717, 1.165) is 17.5 Å². The molecule has 2 aliphatic heterocycles. The molecule has 0 spiro atoms. The van der Waals surface area contributed by atoms with E-state index in [4.69, 9.17) is 10.5 Å². The Morgan fingerprint density at radius 2 is 1.77 bits per heavy atom. The van der Waals surface area contributed by atoms with Crippen molar-refractivity contribution in [1.82, 2.24) is 10.9 Å². The number of aryl methyl sites for hydroxylation is 1. The molecule has 2 aliphatic rings. The molecule has 0 bridgehead atoms. The van der Waals surface area contributed by atoms with E-state index in [1.165, 1.54) is 5.56 Å². The fraction of sp³-hybridized carbons (Fsp3) is 0.286. The molecule has 4 N–H and O–H groups in total. The molecule has 4 rings (SSSR count). The van der Waals surface area contributed by atoms with Gasteiger partial charge in [0.15, 0.2) is 6.23 Å². The number of nitrogens with two attached hydrogens (primary N) is 1. The SMILES string of the molecule is CCc1ccc(C2C(C#N)=C(N)OC3NNC(c4ccccc4)C32)cc1. The lowest BCUT2D eigenvalue weighted by atomic mass is 9.74. The molecule has 0 amide bonds. The normalized spacial score (nSPS) is 27.5. The molecule has 4 atom stereocenters. The molecule has 2 heterocycles. The van der Waals surface area contributed by atoms with Gasteiger partial charge in [-0.2, -0.15) is 5.26 Å². The minimum absolute atomic E-state index is 0.0202. The number of hydrazine groups is 1. The van der Waals surface area contributed by atoms with Crippen LogP contribution < -0.4 is 16.6 Å². The number of benzene rings is 2. The van der Waals surface area contributed by atoms with Gasteiger partial charge in [-0.25, -0.2) is 10.9 Å². The topological polar surface area (TPSA) is 83.1 Å². The zero-order valence-corrected chi connectivity index (χ0v) is 14.6. The molecule has 26 heavy (non-hydrogen) atoms. The highest BCUT2D eigenvalue weighted by atomic mass is 16.5. The third-order valence-electron chi connectivity index (χ3n) is 5.36. The number of nitrogens with one attached hydrogen (secondary N) is 2. The number of hydrogen-bond donors (Lipinski definition) is 3. The van der Waals surface area contributed by atoms with Gasteiger partial charge in [-0.1, -0.05) is 61.5 Å². The van der Waals surface area contributed by atoms with Gasteiger partial charge in [0.05, 0.1) is 11.6 Å². The third kappa shape index (κ3) is 2.74. The summed E-state index contributed by atoms with van der Waals surface area (Å²) in [5.41, 5.74) is 16.6. The van der Waals surface area contributed by atoms with Crippen LogP contribution in [0.25, 0.3) is 0 Å². The first kappa shape index (κ1) is 16.6. The van der Waals surface area contributed by atoms with E-state index < -0.39 is 0 Å². The van der Waals surface area contributed by atoms with Crippen LogP contribution in [0.4, 0.5) is 0 Å². The largest absolute Gasteiger partial charge is 0.458 e. The van der Waals surface area contributed by atoms with Gasteiger partial charge in [-0.3, -0.25) is 0 Å². The number of hydrogen-bond acceptors (Lipinski definition) is 5. The van der Waals surface area contributed by atoms with Crippen LogP contribution in [-0.4, -0.2) is 6.23 Å². The van der Waals surface area contributed by atoms with E-state index in [2.05, 4.69) is 60.2 Å². The van der Waals surface area contributed by atoms with Gasteiger partial charge in [0.25, 0.3) is 0 Å². The number of rotatable bonds is 3. The standard InChI is InChI=1S/C21H22N4O/c1-2-13-8-10-14(11-9-13)17-16(12-22)20(23)26-21-18(17)19(24-25-21)15-6-4-3-5-7-15/h3-11,17-19,21,24-25H,2,23H2,1H3. The maximum absolute atomic E-state index is 9.76. The van der Waals surface area contributed by atoms with Crippen LogP contribution in [0.3, 0.4) is 0 Å². The lowest BCUT2D eigenvalue weighted by Gasteiger charge is -2.36. The molecule has 0 saturated carbocycles. The van der Waals surface area contributed by atoms with E-state index in [9.17, 15) is 5.26 Å². The summed E-state index contributed by atoms with van der Waals surface area (Å²) >= 11 is 0. The van der Waals surface area contributed by atoms with Crippen LogP contribution in [0.1, 0.15) is 35.6 Å².